The van der Waals surface area contributed by atoms with Crippen LogP contribution in [-0.4, -0.2) is 39.5 Å². The van der Waals surface area contributed by atoms with Crippen LogP contribution in [0.2, 0.25) is 0 Å². The Balaban J connectivity index is 1.74. The van der Waals surface area contributed by atoms with E-state index in [9.17, 15) is 20.1 Å². The van der Waals surface area contributed by atoms with Crippen LogP contribution in [0.25, 0.3) is 0 Å². The van der Waals surface area contributed by atoms with E-state index in [4.69, 9.17) is 9.84 Å². The second kappa shape index (κ2) is 7.26. The molecule has 2 aromatic carbocycles. The maximum absolute atomic E-state index is 11.6. The average molecular weight is 319 g/mol. The number of benzene rings is 2. The molecule has 0 aliphatic carbocycles. The van der Waals surface area contributed by atoms with Crippen LogP contribution in [-0.2, 0) is 11.2 Å². The highest BCUT2D eigenvalue weighted by atomic mass is 16.5. The molecule has 0 spiro atoms. The highest BCUT2D eigenvalue weighted by Gasteiger charge is 2.06. The number of phenols is 4. The van der Waals surface area contributed by atoms with E-state index in [1.54, 1.807) is 6.07 Å². The summed E-state index contributed by atoms with van der Waals surface area (Å²) in [6, 6.07) is 8.37. The first-order chi connectivity index (χ1) is 11.0. The van der Waals surface area contributed by atoms with Gasteiger partial charge in [0.25, 0.3) is 5.91 Å². The number of ether oxygens (including phenoxy) is 1. The van der Waals surface area contributed by atoms with Crippen molar-refractivity contribution in [2.45, 2.75) is 6.42 Å². The van der Waals surface area contributed by atoms with Crippen LogP contribution in [0, 0.1) is 0 Å². The summed E-state index contributed by atoms with van der Waals surface area (Å²) in [6.45, 7) is 0.109. The standard InChI is InChI=1S/C16H17NO6/c18-12-3-1-10(7-14(12)20)5-6-17-16(22)9-23-11-2-4-13(19)15(21)8-11/h1-4,7-8,18-21H,5-6,9H2,(H,17,22). The fraction of sp³-hybridized carbons (Fsp3) is 0.188. The van der Waals surface area contributed by atoms with Crippen molar-refractivity contribution in [2.75, 3.05) is 13.2 Å². The zero-order valence-electron chi connectivity index (χ0n) is 12.2. The molecule has 0 saturated heterocycles. The monoisotopic (exact) mass is 319 g/mol. The van der Waals surface area contributed by atoms with E-state index < -0.39 is 0 Å². The maximum Gasteiger partial charge on any atom is 0.257 e. The molecule has 0 heterocycles. The van der Waals surface area contributed by atoms with Gasteiger partial charge in [0.1, 0.15) is 5.75 Å². The predicted octanol–water partition coefficient (Wildman–Crippen LogP) is 1.25. The van der Waals surface area contributed by atoms with E-state index in [2.05, 4.69) is 5.32 Å². The third kappa shape index (κ3) is 4.70. The van der Waals surface area contributed by atoms with E-state index >= 15 is 0 Å². The Kier molecular flexibility index (Phi) is 5.14. The summed E-state index contributed by atoms with van der Waals surface area (Å²) in [5.74, 6) is -1.07. The summed E-state index contributed by atoms with van der Waals surface area (Å²) in [5.41, 5.74) is 0.768. The quantitative estimate of drug-likeness (QED) is 0.511. The number of rotatable bonds is 6. The van der Waals surface area contributed by atoms with Gasteiger partial charge in [-0.3, -0.25) is 4.79 Å². The first kappa shape index (κ1) is 16.3. The van der Waals surface area contributed by atoms with Crippen LogP contribution in [0.3, 0.4) is 0 Å². The van der Waals surface area contributed by atoms with Crippen molar-refractivity contribution < 1.29 is 30.0 Å². The van der Waals surface area contributed by atoms with Crippen molar-refractivity contribution in [3.63, 3.8) is 0 Å². The van der Waals surface area contributed by atoms with Gasteiger partial charge in [-0.1, -0.05) is 6.07 Å². The van der Waals surface area contributed by atoms with Gasteiger partial charge in [-0.25, -0.2) is 0 Å². The number of amides is 1. The lowest BCUT2D eigenvalue weighted by atomic mass is 10.1. The number of carbonyl (C=O) groups is 1. The number of phenolic OH excluding ortho intramolecular Hbond substituents is 4. The molecule has 122 valence electrons. The second-order valence-electron chi connectivity index (χ2n) is 4.86. The van der Waals surface area contributed by atoms with Crippen molar-refractivity contribution >= 4 is 5.91 Å². The van der Waals surface area contributed by atoms with Gasteiger partial charge in [-0.2, -0.15) is 0 Å². The van der Waals surface area contributed by atoms with Crippen molar-refractivity contribution in [2.24, 2.45) is 0 Å². The highest BCUT2D eigenvalue weighted by molar-refractivity contribution is 5.77. The zero-order valence-corrected chi connectivity index (χ0v) is 12.2. The predicted molar refractivity (Wildman–Crippen MR) is 81.8 cm³/mol. The summed E-state index contributed by atoms with van der Waals surface area (Å²) >= 11 is 0. The summed E-state index contributed by atoms with van der Waals surface area (Å²) in [7, 11) is 0. The number of aromatic hydroxyl groups is 4. The number of hydrogen-bond donors (Lipinski definition) is 5. The van der Waals surface area contributed by atoms with Gasteiger partial charge in [0.15, 0.2) is 29.6 Å². The molecule has 7 nitrogen and oxygen atoms in total. The van der Waals surface area contributed by atoms with Gasteiger partial charge in [0, 0.05) is 12.6 Å². The topological polar surface area (TPSA) is 119 Å². The minimum atomic E-state index is -0.347. The molecule has 0 unspecified atom stereocenters. The normalized spacial score (nSPS) is 10.3. The third-order valence-electron chi connectivity index (χ3n) is 3.09. The van der Waals surface area contributed by atoms with E-state index in [1.165, 1.54) is 30.3 Å². The van der Waals surface area contributed by atoms with Crippen LogP contribution in [0.1, 0.15) is 5.56 Å². The van der Waals surface area contributed by atoms with Crippen molar-refractivity contribution in [1.29, 1.82) is 0 Å². The minimum absolute atomic E-state index is 0.191. The van der Waals surface area contributed by atoms with Crippen LogP contribution < -0.4 is 10.1 Å². The lowest BCUT2D eigenvalue weighted by Gasteiger charge is -2.08. The highest BCUT2D eigenvalue weighted by Crippen LogP contribution is 2.28. The van der Waals surface area contributed by atoms with Gasteiger partial charge >= 0.3 is 0 Å². The number of carbonyl (C=O) groups excluding carboxylic acids is 1. The zero-order chi connectivity index (χ0) is 16.8. The van der Waals surface area contributed by atoms with Crippen molar-refractivity contribution in [3.8, 4) is 28.7 Å². The lowest BCUT2D eigenvalue weighted by Crippen LogP contribution is -2.30. The maximum atomic E-state index is 11.6. The Labute approximate surface area is 132 Å². The molecule has 2 rings (SSSR count). The first-order valence-corrected chi connectivity index (χ1v) is 6.88. The van der Waals surface area contributed by atoms with Crippen molar-refractivity contribution in [3.05, 3.63) is 42.0 Å². The van der Waals surface area contributed by atoms with E-state index in [1.807, 2.05) is 0 Å². The average Bonchev–Trinajstić information content (AvgIpc) is 2.52. The molecule has 0 fully saturated rings. The molecule has 1 amide bonds. The van der Waals surface area contributed by atoms with Crippen LogP contribution in [0.5, 0.6) is 28.7 Å². The van der Waals surface area contributed by atoms with E-state index in [0.29, 0.717) is 13.0 Å². The van der Waals surface area contributed by atoms with E-state index in [-0.39, 0.29) is 41.3 Å². The Morgan fingerprint density at radius 3 is 2.22 bits per heavy atom. The van der Waals surface area contributed by atoms with Gasteiger partial charge < -0.3 is 30.5 Å². The van der Waals surface area contributed by atoms with Gasteiger partial charge in [0.2, 0.25) is 0 Å². The lowest BCUT2D eigenvalue weighted by molar-refractivity contribution is -0.123. The molecule has 0 aliphatic rings. The Morgan fingerprint density at radius 1 is 0.913 bits per heavy atom. The molecule has 0 atom stereocenters. The Hall–Kier alpha value is -3.09. The summed E-state index contributed by atoms with van der Waals surface area (Å²) in [6.07, 6.45) is 0.486. The summed E-state index contributed by atoms with van der Waals surface area (Å²) in [5, 5.41) is 39.7. The molecular weight excluding hydrogens is 302 g/mol. The fourth-order valence-corrected chi connectivity index (χ4v) is 1.86. The second-order valence-corrected chi connectivity index (χ2v) is 4.86. The van der Waals surface area contributed by atoms with Gasteiger partial charge in [-0.15, -0.1) is 0 Å². The molecule has 0 aromatic heterocycles. The Morgan fingerprint density at radius 2 is 1.57 bits per heavy atom. The van der Waals surface area contributed by atoms with Crippen LogP contribution in [0.15, 0.2) is 36.4 Å². The number of hydrogen-bond acceptors (Lipinski definition) is 6. The van der Waals surface area contributed by atoms with E-state index in [0.717, 1.165) is 5.56 Å². The van der Waals surface area contributed by atoms with Crippen molar-refractivity contribution in [1.82, 2.24) is 5.32 Å². The molecule has 2 aromatic rings. The first-order valence-electron chi connectivity index (χ1n) is 6.88. The van der Waals surface area contributed by atoms with Gasteiger partial charge in [-0.05, 0) is 36.2 Å². The smallest absolute Gasteiger partial charge is 0.257 e. The molecule has 0 radical (unpaired) electrons. The molecule has 0 bridgehead atoms. The molecule has 0 aliphatic heterocycles. The fourth-order valence-electron chi connectivity index (χ4n) is 1.86. The minimum Gasteiger partial charge on any atom is -0.504 e. The largest absolute Gasteiger partial charge is 0.504 e. The SMILES string of the molecule is O=C(COc1ccc(O)c(O)c1)NCCc1ccc(O)c(O)c1. The third-order valence-corrected chi connectivity index (χ3v) is 3.09. The van der Waals surface area contributed by atoms with Crippen LogP contribution >= 0.6 is 0 Å². The van der Waals surface area contributed by atoms with Gasteiger partial charge in [0.05, 0.1) is 0 Å². The molecule has 7 heteroatoms. The summed E-state index contributed by atoms with van der Waals surface area (Å²) in [4.78, 5) is 11.6. The molecule has 0 saturated carbocycles. The summed E-state index contributed by atoms with van der Waals surface area (Å²) < 4.78 is 5.19. The number of nitrogens with one attached hydrogen (secondary N) is 1. The Bertz CT molecular complexity index is 701. The van der Waals surface area contributed by atoms with Crippen LogP contribution in [0.4, 0.5) is 0 Å². The molecule has 5 N–H and O–H groups in total. The molecular formula is C16H17NO6. The molecule has 23 heavy (non-hydrogen) atoms.